The molecule has 2 rings (SSSR count). The van der Waals surface area contributed by atoms with Gasteiger partial charge in [-0.3, -0.25) is 10.1 Å². The lowest BCUT2D eigenvalue weighted by molar-refractivity contribution is -0.386. The van der Waals surface area contributed by atoms with E-state index in [9.17, 15) is 23.7 Å². The number of para-hydroxylation sites is 1. The largest absolute Gasteiger partial charge is 0.493 e. The molecule has 2 aromatic rings. The number of alkyl halides is 2. The van der Waals surface area contributed by atoms with E-state index >= 15 is 0 Å². The van der Waals surface area contributed by atoms with E-state index in [1.54, 1.807) is 25.1 Å². The van der Waals surface area contributed by atoms with E-state index in [-0.39, 0.29) is 16.9 Å². The quantitative estimate of drug-likeness (QED) is 0.359. The van der Waals surface area contributed by atoms with Crippen molar-refractivity contribution in [2.45, 2.75) is 20.1 Å². The molecule has 0 heterocycles. The van der Waals surface area contributed by atoms with Crippen LogP contribution < -0.4 is 14.2 Å². The number of nitro groups is 1. The molecule has 0 bridgehead atoms. The monoisotopic (exact) mass is 397 g/mol. The molecule has 0 aliphatic carbocycles. The average Bonchev–Trinajstić information content (AvgIpc) is 2.66. The molecule has 8 nitrogen and oxygen atoms in total. The zero-order valence-electron chi connectivity index (χ0n) is 15.0. The molecule has 0 amide bonds. The van der Waals surface area contributed by atoms with Crippen molar-refractivity contribution in [1.29, 1.82) is 0 Å². The van der Waals surface area contributed by atoms with Crippen LogP contribution in [0.4, 0.5) is 14.5 Å². The maximum absolute atomic E-state index is 12.5. The Bertz CT molecular complexity index is 858. The fourth-order valence-corrected chi connectivity index (χ4v) is 2.36. The lowest BCUT2D eigenvalue weighted by Crippen LogP contribution is -2.10. The highest BCUT2D eigenvalue weighted by molar-refractivity contribution is 5.92. The van der Waals surface area contributed by atoms with Gasteiger partial charge >= 0.3 is 12.6 Å². The Kier molecular flexibility index (Phi) is 7.08. The maximum atomic E-state index is 12.5. The SMILES string of the molecule is CCOc1ccccc1C(=O)OCc1cc(OC)c(OC(F)F)cc1[N+](=O)[O-]. The van der Waals surface area contributed by atoms with Gasteiger partial charge in [0.25, 0.3) is 5.69 Å². The van der Waals surface area contributed by atoms with Crippen LogP contribution in [0, 0.1) is 10.1 Å². The Hall–Kier alpha value is -3.43. The summed E-state index contributed by atoms with van der Waals surface area (Å²) in [7, 11) is 1.19. The number of ether oxygens (including phenoxy) is 4. The molecule has 0 N–H and O–H groups in total. The third-order valence-electron chi connectivity index (χ3n) is 3.54. The Morgan fingerprint density at radius 2 is 1.89 bits per heavy atom. The number of halogens is 2. The summed E-state index contributed by atoms with van der Waals surface area (Å²) >= 11 is 0. The summed E-state index contributed by atoms with van der Waals surface area (Å²) < 4.78 is 44.6. The van der Waals surface area contributed by atoms with Crippen LogP contribution in [0.1, 0.15) is 22.8 Å². The van der Waals surface area contributed by atoms with Crippen LogP contribution in [0.25, 0.3) is 0 Å². The third kappa shape index (κ3) is 5.06. The van der Waals surface area contributed by atoms with Crippen molar-refractivity contribution in [3.8, 4) is 17.2 Å². The minimum Gasteiger partial charge on any atom is -0.493 e. The maximum Gasteiger partial charge on any atom is 0.387 e. The minimum absolute atomic E-state index is 0.0503. The van der Waals surface area contributed by atoms with E-state index in [2.05, 4.69) is 4.74 Å². The predicted octanol–water partition coefficient (Wildman–Crippen LogP) is 3.96. The van der Waals surface area contributed by atoms with Crippen LogP contribution in [-0.2, 0) is 11.3 Å². The smallest absolute Gasteiger partial charge is 0.387 e. The van der Waals surface area contributed by atoms with Gasteiger partial charge in [0, 0.05) is 0 Å². The molecule has 0 spiro atoms. The molecule has 0 saturated carbocycles. The van der Waals surface area contributed by atoms with Crippen molar-refractivity contribution >= 4 is 11.7 Å². The first-order valence-electron chi connectivity index (χ1n) is 8.06. The molecule has 28 heavy (non-hydrogen) atoms. The van der Waals surface area contributed by atoms with Gasteiger partial charge in [0.15, 0.2) is 11.5 Å². The summed E-state index contributed by atoms with van der Waals surface area (Å²) in [6.07, 6.45) is 0. The van der Waals surface area contributed by atoms with Gasteiger partial charge in [0.05, 0.1) is 30.3 Å². The second-order valence-electron chi connectivity index (χ2n) is 5.27. The number of rotatable bonds is 9. The molecule has 0 saturated heterocycles. The van der Waals surface area contributed by atoms with Gasteiger partial charge < -0.3 is 18.9 Å². The Morgan fingerprint density at radius 3 is 2.50 bits per heavy atom. The van der Waals surface area contributed by atoms with Gasteiger partial charge in [-0.15, -0.1) is 0 Å². The summed E-state index contributed by atoms with van der Waals surface area (Å²) in [5.74, 6) is -1.11. The summed E-state index contributed by atoms with van der Waals surface area (Å²) in [6.45, 7) is -1.59. The van der Waals surface area contributed by atoms with Crippen LogP contribution in [0.15, 0.2) is 36.4 Å². The Morgan fingerprint density at radius 1 is 1.18 bits per heavy atom. The highest BCUT2D eigenvalue weighted by Gasteiger charge is 2.23. The van der Waals surface area contributed by atoms with Gasteiger partial charge in [-0.05, 0) is 25.1 Å². The van der Waals surface area contributed by atoms with Crippen LogP contribution in [0.2, 0.25) is 0 Å². The Labute approximate surface area is 158 Å². The Balaban J connectivity index is 2.28. The number of hydrogen-bond acceptors (Lipinski definition) is 7. The van der Waals surface area contributed by atoms with Crippen molar-refractivity contribution in [1.82, 2.24) is 0 Å². The standard InChI is InChI=1S/C18H17F2NO7/c1-3-26-14-7-5-4-6-12(14)17(22)27-10-11-8-15(25-2)16(28-18(19)20)9-13(11)21(23)24/h4-9,18H,3,10H2,1-2H3. The number of benzene rings is 2. The molecule has 0 atom stereocenters. The molecule has 10 heteroatoms. The highest BCUT2D eigenvalue weighted by Crippen LogP contribution is 2.36. The normalized spacial score (nSPS) is 10.5. The number of hydrogen-bond donors (Lipinski definition) is 0. The highest BCUT2D eigenvalue weighted by atomic mass is 19.3. The topological polar surface area (TPSA) is 97.1 Å². The van der Waals surface area contributed by atoms with E-state index in [0.29, 0.717) is 12.4 Å². The first kappa shape index (κ1) is 20.9. The molecule has 0 radical (unpaired) electrons. The first-order valence-corrected chi connectivity index (χ1v) is 8.06. The van der Waals surface area contributed by atoms with Gasteiger partial charge in [-0.1, -0.05) is 12.1 Å². The number of nitro benzene ring substituents is 1. The summed E-state index contributed by atoms with van der Waals surface area (Å²) in [5.41, 5.74) is -0.454. The number of nitrogens with zero attached hydrogens (tertiary/aromatic N) is 1. The minimum atomic E-state index is -3.19. The molecule has 0 unspecified atom stereocenters. The van der Waals surface area contributed by atoms with Crippen LogP contribution in [0.3, 0.4) is 0 Å². The predicted molar refractivity (Wildman–Crippen MR) is 93.0 cm³/mol. The summed E-state index contributed by atoms with van der Waals surface area (Å²) in [4.78, 5) is 22.8. The molecule has 0 aliphatic rings. The zero-order valence-corrected chi connectivity index (χ0v) is 15.0. The van der Waals surface area contributed by atoms with E-state index < -0.39 is 35.5 Å². The zero-order chi connectivity index (χ0) is 20.7. The second-order valence-corrected chi connectivity index (χ2v) is 5.27. The lowest BCUT2D eigenvalue weighted by atomic mass is 10.1. The molecule has 0 aliphatic heterocycles. The summed E-state index contributed by atoms with van der Waals surface area (Å²) in [5, 5.41) is 11.3. The third-order valence-corrected chi connectivity index (χ3v) is 3.54. The van der Waals surface area contributed by atoms with Gasteiger partial charge in [-0.2, -0.15) is 8.78 Å². The van der Waals surface area contributed by atoms with Crippen molar-refractivity contribution in [3.05, 3.63) is 57.6 Å². The average molecular weight is 397 g/mol. The van der Waals surface area contributed by atoms with Crippen LogP contribution in [0.5, 0.6) is 17.2 Å². The number of carbonyl (C=O) groups is 1. The molecule has 2 aromatic carbocycles. The van der Waals surface area contributed by atoms with Crippen LogP contribution >= 0.6 is 0 Å². The van der Waals surface area contributed by atoms with E-state index in [1.807, 2.05) is 0 Å². The second kappa shape index (κ2) is 9.49. The van der Waals surface area contributed by atoms with Gasteiger partial charge in [-0.25, -0.2) is 4.79 Å². The molecular weight excluding hydrogens is 380 g/mol. The van der Waals surface area contributed by atoms with Gasteiger partial charge in [0.2, 0.25) is 0 Å². The van der Waals surface area contributed by atoms with Crippen molar-refractivity contribution in [2.75, 3.05) is 13.7 Å². The van der Waals surface area contributed by atoms with Crippen molar-refractivity contribution < 1.29 is 37.4 Å². The lowest BCUT2D eigenvalue weighted by Gasteiger charge is -2.13. The van der Waals surface area contributed by atoms with E-state index in [0.717, 1.165) is 12.1 Å². The van der Waals surface area contributed by atoms with E-state index in [1.165, 1.54) is 13.2 Å². The first-order chi connectivity index (χ1) is 13.4. The fourth-order valence-electron chi connectivity index (χ4n) is 2.36. The van der Waals surface area contributed by atoms with Crippen molar-refractivity contribution in [3.63, 3.8) is 0 Å². The number of esters is 1. The van der Waals surface area contributed by atoms with E-state index in [4.69, 9.17) is 14.2 Å². The molecule has 0 aromatic heterocycles. The number of methoxy groups -OCH3 is 1. The summed E-state index contributed by atoms with van der Waals surface area (Å²) in [6, 6.07) is 8.27. The molecule has 0 fully saturated rings. The molecular formula is C18H17F2NO7. The van der Waals surface area contributed by atoms with Crippen LogP contribution in [-0.4, -0.2) is 31.2 Å². The fraction of sp³-hybridized carbons (Fsp3) is 0.278. The van der Waals surface area contributed by atoms with Crippen molar-refractivity contribution in [2.24, 2.45) is 0 Å². The van der Waals surface area contributed by atoms with Gasteiger partial charge in [0.1, 0.15) is 17.9 Å². The molecule has 150 valence electrons. The number of carbonyl (C=O) groups excluding carboxylic acids is 1.